The van der Waals surface area contributed by atoms with Gasteiger partial charge in [0.1, 0.15) is 0 Å². The highest BCUT2D eigenvalue weighted by Crippen LogP contribution is 2.33. The predicted molar refractivity (Wildman–Crippen MR) is 134 cm³/mol. The van der Waals surface area contributed by atoms with Crippen molar-refractivity contribution in [1.29, 1.82) is 0 Å². The van der Waals surface area contributed by atoms with Gasteiger partial charge in [0.15, 0.2) is 0 Å². The Labute approximate surface area is 198 Å². The summed E-state index contributed by atoms with van der Waals surface area (Å²) in [5, 5.41) is 13.4. The minimum atomic E-state index is -0.0760. The molecule has 2 atom stereocenters. The number of carbonyl (C=O) groups is 1. The number of aryl methyl sites for hydroxylation is 2. The lowest BCUT2D eigenvalue weighted by Gasteiger charge is -2.19. The van der Waals surface area contributed by atoms with Gasteiger partial charge < -0.3 is 10.4 Å². The molecular formula is C26H37Cl2NO2. The molecule has 0 aliphatic carbocycles. The molecule has 0 heterocycles. The van der Waals surface area contributed by atoms with Gasteiger partial charge in [-0.05, 0) is 79.0 Å². The Kier molecular flexibility index (Phi) is 12.2. The minimum Gasteiger partial charge on any atom is -0.392 e. The SMILES string of the molecule is CC(=O)Nc1c(C)cc(CO)cc1C.CCC(C)CCC(CC)c1cc(Cl)ccc1Cl. The molecule has 0 aliphatic rings. The molecule has 2 aromatic rings. The summed E-state index contributed by atoms with van der Waals surface area (Å²) in [5.74, 6) is 1.25. The van der Waals surface area contributed by atoms with Crippen LogP contribution in [0.2, 0.25) is 10.0 Å². The Morgan fingerprint density at radius 3 is 2.13 bits per heavy atom. The lowest BCUT2D eigenvalue weighted by Crippen LogP contribution is -2.09. The summed E-state index contributed by atoms with van der Waals surface area (Å²) >= 11 is 12.3. The highest BCUT2D eigenvalue weighted by atomic mass is 35.5. The summed E-state index contributed by atoms with van der Waals surface area (Å²) in [6.07, 6.45) is 4.83. The van der Waals surface area contributed by atoms with Gasteiger partial charge in [-0.25, -0.2) is 0 Å². The highest BCUT2D eigenvalue weighted by Gasteiger charge is 2.14. The summed E-state index contributed by atoms with van der Waals surface area (Å²) < 4.78 is 0. The molecule has 0 radical (unpaired) electrons. The topological polar surface area (TPSA) is 49.3 Å². The summed E-state index contributed by atoms with van der Waals surface area (Å²) in [6, 6.07) is 9.53. The fourth-order valence-electron chi connectivity index (χ4n) is 3.61. The van der Waals surface area contributed by atoms with Crippen LogP contribution in [0.25, 0.3) is 0 Å². The number of benzene rings is 2. The molecular weight excluding hydrogens is 429 g/mol. The smallest absolute Gasteiger partial charge is 0.221 e. The Morgan fingerprint density at radius 1 is 1.03 bits per heavy atom. The van der Waals surface area contributed by atoms with Gasteiger partial charge in [0.05, 0.1) is 6.61 Å². The molecule has 31 heavy (non-hydrogen) atoms. The van der Waals surface area contributed by atoms with E-state index in [2.05, 4.69) is 26.1 Å². The highest BCUT2D eigenvalue weighted by molar-refractivity contribution is 6.33. The van der Waals surface area contributed by atoms with Crippen LogP contribution in [-0.4, -0.2) is 11.0 Å². The largest absolute Gasteiger partial charge is 0.392 e. The molecule has 3 nitrogen and oxygen atoms in total. The predicted octanol–water partition coefficient (Wildman–Crippen LogP) is 8.07. The summed E-state index contributed by atoms with van der Waals surface area (Å²) in [4.78, 5) is 10.9. The van der Waals surface area contributed by atoms with E-state index in [9.17, 15) is 4.79 Å². The lowest BCUT2D eigenvalue weighted by atomic mass is 9.88. The van der Waals surface area contributed by atoms with Crippen molar-refractivity contribution in [2.24, 2.45) is 5.92 Å². The summed E-state index contributed by atoms with van der Waals surface area (Å²) in [6.45, 7) is 12.1. The molecule has 0 bridgehead atoms. The quantitative estimate of drug-likeness (QED) is 0.413. The molecule has 5 heteroatoms. The van der Waals surface area contributed by atoms with Crippen LogP contribution in [0.3, 0.4) is 0 Å². The third-order valence-electron chi connectivity index (χ3n) is 5.67. The second-order valence-electron chi connectivity index (χ2n) is 8.31. The number of aliphatic hydroxyl groups excluding tert-OH is 1. The van der Waals surface area contributed by atoms with Gasteiger partial charge in [-0.3, -0.25) is 4.79 Å². The molecule has 2 aromatic carbocycles. The van der Waals surface area contributed by atoms with E-state index < -0.39 is 0 Å². The first kappa shape index (κ1) is 27.5. The van der Waals surface area contributed by atoms with Crippen molar-refractivity contribution < 1.29 is 9.90 Å². The molecule has 0 saturated heterocycles. The van der Waals surface area contributed by atoms with Crippen molar-refractivity contribution >= 4 is 34.8 Å². The zero-order valence-electron chi connectivity index (χ0n) is 19.7. The normalized spacial score (nSPS) is 12.5. The van der Waals surface area contributed by atoms with Crippen molar-refractivity contribution in [2.45, 2.75) is 79.8 Å². The Hall–Kier alpha value is -1.55. The Morgan fingerprint density at radius 2 is 1.65 bits per heavy atom. The van der Waals surface area contributed by atoms with Gasteiger partial charge in [-0.2, -0.15) is 0 Å². The zero-order chi connectivity index (χ0) is 23.6. The minimum absolute atomic E-state index is 0.0298. The molecule has 2 unspecified atom stereocenters. The third kappa shape index (κ3) is 9.22. The van der Waals surface area contributed by atoms with E-state index in [1.54, 1.807) is 0 Å². The molecule has 172 valence electrons. The fraction of sp³-hybridized carbons (Fsp3) is 0.500. The molecule has 1 amide bonds. The van der Waals surface area contributed by atoms with Gasteiger partial charge in [-0.1, -0.05) is 68.9 Å². The standard InChI is InChI=1S/C15H22Cl2.C11H15NO2/c1-4-11(3)6-7-12(5-2)14-10-13(16)8-9-15(14)17;1-7-4-10(6-13)5-8(2)11(7)12-9(3)14/h8-12H,4-7H2,1-3H3;4-5,13H,6H2,1-3H3,(H,12,14). The molecule has 0 aromatic heterocycles. The van der Waals surface area contributed by atoms with E-state index in [0.29, 0.717) is 5.92 Å². The zero-order valence-corrected chi connectivity index (χ0v) is 21.2. The number of hydrogen-bond acceptors (Lipinski definition) is 2. The van der Waals surface area contributed by atoms with Crippen molar-refractivity contribution in [3.8, 4) is 0 Å². The van der Waals surface area contributed by atoms with Crippen molar-refractivity contribution in [1.82, 2.24) is 0 Å². The number of amides is 1. The summed E-state index contributed by atoms with van der Waals surface area (Å²) in [5.41, 5.74) is 4.88. The first-order chi connectivity index (χ1) is 14.6. The number of aliphatic hydroxyl groups is 1. The Balaban J connectivity index is 0.000000316. The second-order valence-corrected chi connectivity index (χ2v) is 9.15. The van der Waals surface area contributed by atoms with Crippen molar-refractivity contribution in [3.63, 3.8) is 0 Å². The number of carbonyl (C=O) groups excluding carboxylic acids is 1. The van der Waals surface area contributed by atoms with Crippen LogP contribution in [0.4, 0.5) is 5.69 Å². The second kappa shape index (κ2) is 13.8. The molecule has 2 rings (SSSR count). The van der Waals surface area contributed by atoms with Gasteiger partial charge in [0.2, 0.25) is 5.91 Å². The van der Waals surface area contributed by atoms with E-state index in [1.165, 1.54) is 31.7 Å². The Bertz CT molecular complexity index is 828. The van der Waals surface area contributed by atoms with Gasteiger partial charge in [-0.15, -0.1) is 0 Å². The van der Waals surface area contributed by atoms with Crippen LogP contribution in [0.5, 0.6) is 0 Å². The van der Waals surface area contributed by atoms with Crippen LogP contribution in [0, 0.1) is 19.8 Å². The summed E-state index contributed by atoms with van der Waals surface area (Å²) in [7, 11) is 0. The molecule has 2 N–H and O–H groups in total. The lowest BCUT2D eigenvalue weighted by molar-refractivity contribution is -0.114. The van der Waals surface area contributed by atoms with Crippen LogP contribution >= 0.6 is 23.2 Å². The van der Waals surface area contributed by atoms with Gasteiger partial charge >= 0.3 is 0 Å². The number of anilines is 1. The van der Waals surface area contributed by atoms with Crippen molar-refractivity contribution in [2.75, 3.05) is 5.32 Å². The van der Waals surface area contributed by atoms with Crippen LogP contribution in [0.15, 0.2) is 30.3 Å². The van der Waals surface area contributed by atoms with E-state index >= 15 is 0 Å². The number of hydrogen-bond donors (Lipinski definition) is 2. The number of rotatable bonds is 8. The van der Waals surface area contributed by atoms with E-state index in [1.807, 2.05) is 44.2 Å². The average molecular weight is 466 g/mol. The third-order valence-corrected chi connectivity index (χ3v) is 6.25. The van der Waals surface area contributed by atoms with Gasteiger partial charge in [0, 0.05) is 22.7 Å². The number of nitrogens with one attached hydrogen (secondary N) is 1. The van der Waals surface area contributed by atoms with E-state index in [0.717, 1.165) is 44.8 Å². The monoisotopic (exact) mass is 465 g/mol. The van der Waals surface area contributed by atoms with Crippen molar-refractivity contribution in [3.05, 3.63) is 62.6 Å². The van der Waals surface area contributed by atoms with Crippen LogP contribution in [-0.2, 0) is 11.4 Å². The maximum atomic E-state index is 10.9. The maximum Gasteiger partial charge on any atom is 0.221 e. The molecule has 0 spiro atoms. The first-order valence-electron chi connectivity index (χ1n) is 11.1. The molecule has 0 aliphatic heterocycles. The average Bonchev–Trinajstić information content (AvgIpc) is 2.73. The number of halogens is 2. The van der Waals surface area contributed by atoms with E-state index in [4.69, 9.17) is 28.3 Å². The fourth-order valence-corrected chi connectivity index (χ4v) is 4.07. The molecule has 0 fully saturated rings. The van der Waals surface area contributed by atoms with E-state index in [-0.39, 0.29) is 12.5 Å². The maximum absolute atomic E-state index is 10.9. The van der Waals surface area contributed by atoms with Crippen LogP contribution < -0.4 is 5.32 Å². The van der Waals surface area contributed by atoms with Crippen LogP contribution in [0.1, 0.15) is 81.5 Å². The van der Waals surface area contributed by atoms with Gasteiger partial charge in [0.25, 0.3) is 0 Å². The molecule has 0 saturated carbocycles. The first-order valence-corrected chi connectivity index (χ1v) is 11.8.